The van der Waals surface area contributed by atoms with Gasteiger partial charge in [0.05, 0.1) is 5.69 Å². The number of anilines is 1. The van der Waals surface area contributed by atoms with Crippen molar-refractivity contribution in [2.75, 3.05) is 4.90 Å². The second-order valence-electron chi connectivity index (χ2n) is 5.22. The van der Waals surface area contributed by atoms with Crippen molar-refractivity contribution in [3.05, 3.63) is 58.6 Å². The normalized spacial score (nSPS) is 16.3. The van der Waals surface area contributed by atoms with E-state index < -0.39 is 11.8 Å². The van der Waals surface area contributed by atoms with Crippen molar-refractivity contribution in [3.63, 3.8) is 0 Å². The number of rotatable bonds is 2. The molecule has 3 N–H and O–H groups in total. The van der Waals surface area contributed by atoms with Crippen LogP contribution >= 0.6 is 23.8 Å². The van der Waals surface area contributed by atoms with Crippen molar-refractivity contribution in [1.29, 1.82) is 0 Å². The number of carbonyl (C=O) groups excluding carboxylic acids is 2. The number of nitrogens with one attached hydrogen (secondary N) is 1. The van der Waals surface area contributed by atoms with Crippen LogP contribution in [0, 0.1) is 0 Å². The number of nitrogens with zero attached hydrogens (tertiary/aromatic N) is 1. The molecule has 0 radical (unpaired) electrons. The van der Waals surface area contributed by atoms with Gasteiger partial charge in [0.2, 0.25) is 0 Å². The van der Waals surface area contributed by atoms with E-state index in [1.807, 2.05) is 0 Å². The van der Waals surface area contributed by atoms with E-state index in [2.05, 4.69) is 5.32 Å². The van der Waals surface area contributed by atoms with Crippen LogP contribution in [0.3, 0.4) is 0 Å². The minimum Gasteiger partial charge on any atom is -0.508 e. The first kappa shape index (κ1) is 16.9. The lowest BCUT2D eigenvalue weighted by molar-refractivity contribution is -0.122. The smallest absolute Gasteiger partial charge is 0.270 e. The number of hydrogen-bond acceptors (Lipinski definition) is 5. The third-order valence-electron chi connectivity index (χ3n) is 3.42. The topological polar surface area (TPSA) is 89.9 Å². The summed E-state index contributed by atoms with van der Waals surface area (Å²) < 4.78 is 0. The van der Waals surface area contributed by atoms with Crippen molar-refractivity contribution in [1.82, 2.24) is 5.32 Å². The third kappa shape index (κ3) is 3.47. The third-order valence-corrected chi connectivity index (χ3v) is 3.96. The zero-order valence-electron chi connectivity index (χ0n) is 12.6. The lowest BCUT2D eigenvalue weighted by atomic mass is 10.1. The maximum atomic E-state index is 12.8. The minimum absolute atomic E-state index is 0.0479. The Morgan fingerprint density at radius 2 is 1.64 bits per heavy atom. The van der Waals surface area contributed by atoms with Gasteiger partial charge in [-0.2, -0.15) is 0 Å². The van der Waals surface area contributed by atoms with Crippen LogP contribution < -0.4 is 10.2 Å². The first-order chi connectivity index (χ1) is 11.8. The summed E-state index contributed by atoms with van der Waals surface area (Å²) in [6.45, 7) is 0. The van der Waals surface area contributed by atoms with Gasteiger partial charge in [-0.1, -0.05) is 11.6 Å². The van der Waals surface area contributed by atoms with Gasteiger partial charge in [0.1, 0.15) is 17.1 Å². The van der Waals surface area contributed by atoms with Crippen molar-refractivity contribution in [2.45, 2.75) is 0 Å². The van der Waals surface area contributed by atoms with Gasteiger partial charge < -0.3 is 10.2 Å². The quantitative estimate of drug-likeness (QED) is 0.427. The molecular weight excluding hydrogens is 364 g/mol. The number of benzene rings is 2. The SMILES string of the molecule is O=C1NC(=S)N(c2ccc(Cl)cc2)C(=O)C1=Cc1cc(O)cc(O)c1. The monoisotopic (exact) mass is 374 g/mol. The van der Waals surface area contributed by atoms with Gasteiger partial charge >= 0.3 is 0 Å². The van der Waals surface area contributed by atoms with Gasteiger partial charge in [-0.15, -0.1) is 0 Å². The Morgan fingerprint density at radius 1 is 1.04 bits per heavy atom. The molecule has 0 aliphatic carbocycles. The van der Waals surface area contributed by atoms with E-state index in [9.17, 15) is 19.8 Å². The highest BCUT2D eigenvalue weighted by Crippen LogP contribution is 2.26. The molecule has 0 aromatic heterocycles. The number of thiocarbonyl (C=S) groups is 1. The molecule has 1 fully saturated rings. The molecule has 2 amide bonds. The van der Waals surface area contributed by atoms with E-state index in [1.165, 1.54) is 23.1 Å². The van der Waals surface area contributed by atoms with Gasteiger partial charge in [-0.3, -0.25) is 19.8 Å². The van der Waals surface area contributed by atoms with E-state index in [4.69, 9.17) is 23.8 Å². The summed E-state index contributed by atoms with van der Waals surface area (Å²) in [5.41, 5.74) is 0.553. The fraction of sp³-hybridized carbons (Fsp3) is 0. The summed E-state index contributed by atoms with van der Waals surface area (Å²) in [6.07, 6.45) is 1.27. The Balaban J connectivity index is 2.03. The summed E-state index contributed by atoms with van der Waals surface area (Å²) >= 11 is 10.9. The van der Waals surface area contributed by atoms with Gasteiger partial charge in [0, 0.05) is 11.1 Å². The van der Waals surface area contributed by atoms with Crippen LogP contribution in [0.25, 0.3) is 6.08 Å². The van der Waals surface area contributed by atoms with Crippen molar-refractivity contribution < 1.29 is 19.8 Å². The first-order valence-electron chi connectivity index (χ1n) is 7.05. The molecule has 0 unspecified atom stereocenters. The lowest BCUT2D eigenvalue weighted by Gasteiger charge is -2.28. The number of halogens is 1. The molecule has 1 saturated heterocycles. The van der Waals surface area contributed by atoms with Crippen LogP contribution in [0.1, 0.15) is 5.56 Å². The molecule has 6 nitrogen and oxygen atoms in total. The average molecular weight is 375 g/mol. The van der Waals surface area contributed by atoms with Crippen molar-refractivity contribution in [2.24, 2.45) is 0 Å². The molecule has 1 aliphatic rings. The van der Waals surface area contributed by atoms with E-state index in [1.54, 1.807) is 24.3 Å². The molecule has 3 rings (SSSR count). The number of hydrogen-bond donors (Lipinski definition) is 3. The van der Waals surface area contributed by atoms with Crippen LogP contribution in [-0.4, -0.2) is 27.1 Å². The molecule has 0 saturated carbocycles. The van der Waals surface area contributed by atoms with Crippen LogP contribution in [0.5, 0.6) is 11.5 Å². The summed E-state index contributed by atoms with van der Waals surface area (Å²) in [5.74, 6) is -1.68. The highest BCUT2D eigenvalue weighted by molar-refractivity contribution is 7.80. The van der Waals surface area contributed by atoms with Crippen molar-refractivity contribution >= 4 is 52.5 Å². The van der Waals surface area contributed by atoms with Crippen LogP contribution in [0.15, 0.2) is 48.0 Å². The predicted octanol–water partition coefficient (Wildman–Crippen LogP) is 2.58. The summed E-state index contributed by atoms with van der Waals surface area (Å²) in [5, 5.41) is 22.0. The number of carbonyl (C=O) groups is 2. The fourth-order valence-corrected chi connectivity index (χ4v) is 2.76. The molecule has 126 valence electrons. The van der Waals surface area contributed by atoms with Gasteiger partial charge in [-0.05, 0) is 60.3 Å². The van der Waals surface area contributed by atoms with Gasteiger partial charge in [0.25, 0.3) is 11.8 Å². The number of aromatic hydroxyl groups is 2. The molecule has 1 heterocycles. The Bertz CT molecular complexity index is 904. The zero-order chi connectivity index (χ0) is 18.1. The lowest BCUT2D eigenvalue weighted by Crippen LogP contribution is -2.54. The molecule has 25 heavy (non-hydrogen) atoms. The van der Waals surface area contributed by atoms with E-state index in [-0.39, 0.29) is 22.2 Å². The van der Waals surface area contributed by atoms with Gasteiger partial charge in [-0.25, -0.2) is 0 Å². The fourth-order valence-electron chi connectivity index (χ4n) is 2.35. The Labute approximate surface area is 153 Å². The number of phenols is 2. The Hall–Kier alpha value is -2.90. The van der Waals surface area contributed by atoms with Crippen LogP contribution in [0.2, 0.25) is 5.02 Å². The highest BCUT2D eigenvalue weighted by Gasteiger charge is 2.34. The molecule has 1 aliphatic heterocycles. The van der Waals surface area contributed by atoms with Crippen LogP contribution in [0.4, 0.5) is 5.69 Å². The Morgan fingerprint density at radius 3 is 2.24 bits per heavy atom. The van der Waals surface area contributed by atoms with Crippen molar-refractivity contribution in [3.8, 4) is 11.5 Å². The standard InChI is InChI=1S/C17H11ClN2O4S/c18-10-1-3-11(4-2-10)20-16(24)14(15(23)19-17(20)25)7-9-5-12(21)8-13(22)6-9/h1-8,21-22H,(H,19,23,25). The van der Waals surface area contributed by atoms with Gasteiger partial charge in [0.15, 0.2) is 5.11 Å². The zero-order valence-corrected chi connectivity index (χ0v) is 14.1. The molecular formula is C17H11ClN2O4S. The van der Waals surface area contributed by atoms with Crippen LogP contribution in [-0.2, 0) is 9.59 Å². The molecule has 8 heteroatoms. The Kier molecular flexibility index (Phi) is 4.43. The molecule has 2 aromatic rings. The summed E-state index contributed by atoms with van der Waals surface area (Å²) in [6, 6.07) is 10.2. The largest absolute Gasteiger partial charge is 0.508 e. The summed E-state index contributed by atoms with van der Waals surface area (Å²) in [7, 11) is 0. The second kappa shape index (κ2) is 6.54. The summed E-state index contributed by atoms with van der Waals surface area (Å²) in [4.78, 5) is 26.1. The van der Waals surface area contributed by atoms with E-state index >= 15 is 0 Å². The molecule has 0 atom stereocenters. The van der Waals surface area contributed by atoms with E-state index in [0.717, 1.165) is 6.07 Å². The molecule has 2 aromatic carbocycles. The molecule has 0 spiro atoms. The average Bonchev–Trinajstić information content (AvgIpc) is 2.52. The number of amides is 2. The minimum atomic E-state index is -0.664. The second-order valence-corrected chi connectivity index (χ2v) is 6.04. The highest BCUT2D eigenvalue weighted by atomic mass is 35.5. The number of phenolic OH excluding ortho intramolecular Hbond substituents is 2. The molecule has 0 bridgehead atoms. The predicted molar refractivity (Wildman–Crippen MR) is 97.4 cm³/mol. The maximum absolute atomic E-state index is 12.8. The first-order valence-corrected chi connectivity index (χ1v) is 7.84. The maximum Gasteiger partial charge on any atom is 0.270 e. The van der Waals surface area contributed by atoms with E-state index in [0.29, 0.717) is 16.3 Å².